The highest BCUT2D eigenvalue weighted by molar-refractivity contribution is 6.30. The van der Waals surface area contributed by atoms with Gasteiger partial charge in [0.2, 0.25) is 5.89 Å². The Labute approximate surface area is 195 Å². The minimum absolute atomic E-state index is 0.234. The molecule has 1 aliphatic heterocycles. The Morgan fingerprint density at radius 3 is 2.61 bits per heavy atom. The highest BCUT2D eigenvalue weighted by Gasteiger charge is 2.24. The first-order valence-electron chi connectivity index (χ1n) is 10.7. The number of rotatable bonds is 5. The molecule has 33 heavy (non-hydrogen) atoms. The molecule has 1 fully saturated rings. The van der Waals surface area contributed by atoms with Gasteiger partial charge >= 0.3 is 0 Å². The predicted molar refractivity (Wildman–Crippen MR) is 128 cm³/mol. The number of benzene rings is 1. The normalized spacial score (nSPS) is 15.3. The van der Waals surface area contributed by atoms with Crippen molar-refractivity contribution in [2.75, 3.05) is 20.1 Å². The topological polar surface area (TPSA) is 95.6 Å². The van der Waals surface area contributed by atoms with Crippen LogP contribution in [0.25, 0.3) is 22.6 Å². The highest BCUT2D eigenvalue weighted by atomic mass is 35.5. The van der Waals surface area contributed by atoms with Crippen molar-refractivity contribution >= 4 is 28.5 Å². The number of halogens is 1. The van der Waals surface area contributed by atoms with Gasteiger partial charge in [-0.05, 0) is 48.4 Å². The average Bonchev–Trinajstić information content (AvgIpc) is 3.40. The van der Waals surface area contributed by atoms with Gasteiger partial charge in [0.15, 0.2) is 0 Å². The van der Waals surface area contributed by atoms with Crippen molar-refractivity contribution in [2.24, 2.45) is 4.99 Å². The summed E-state index contributed by atoms with van der Waals surface area (Å²) in [6, 6.07) is 11.8. The molecule has 0 spiro atoms. The third-order valence-corrected chi connectivity index (χ3v) is 6.22. The second-order valence-electron chi connectivity index (χ2n) is 8.36. The summed E-state index contributed by atoms with van der Waals surface area (Å²) >= 11 is 6.47. The second-order valence-corrected chi connectivity index (χ2v) is 8.80. The molecule has 9 heteroatoms. The lowest BCUT2D eigenvalue weighted by molar-refractivity contribution is -0.00287. The van der Waals surface area contributed by atoms with Crippen molar-refractivity contribution in [3.05, 3.63) is 70.5 Å². The molecule has 0 unspecified atom stereocenters. The molecule has 0 saturated carbocycles. The van der Waals surface area contributed by atoms with Gasteiger partial charge in [-0.1, -0.05) is 17.7 Å². The van der Waals surface area contributed by atoms with Crippen LogP contribution in [-0.4, -0.2) is 56.2 Å². The number of likely N-dealkylation sites (tertiary alicyclic amines) is 1. The number of aliphatic hydroxyl groups is 1. The van der Waals surface area contributed by atoms with Crippen molar-refractivity contribution in [2.45, 2.75) is 26.1 Å². The number of pyridine rings is 1. The third kappa shape index (κ3) is 4.13. The van der Waals surface area contributed by atoms with E-state index >= 15 is 0 Å². The predicted octanol–water partition coefficient (Wildman–Crippen LogP) is 3.35. The van der Waals surface area contributed by atoms with Gasteiger partial charge < -0.3 is 14.1 Å². The van der Waals surface area contributed by atoms with Crippen LogP contribution in [0.1, 0.15) is 18.1 Å². The molecule has 2 N–H and O–H groups in total. The van der Waals surface area contributed by atoms with E-state index in [1.54, 1.807) is 25.6 Å². The monoisotopic (exact) mass is 464 g/mol. The van der Waals surface area contributed by atoms with E-state index in [0.717, 1.165) is 40.2 Å². The lowest BCUT2D eigenvalue weighted by atomic mass is 10.1. The first kappa shape index (κ1) is 21.6. The number of β-amino-alcohol motifs (C(OH)–C–C–N with tert-alkyl or cyclic N) is 1. The van der Waals surface area contributed by atoms with Crippen LogP contribution in [0.4, 0.5) is 0 Å². The third-order valence-electron chi connectivity index (χ3n) is 6.00. The molecule has 0 radical (unpaired) electrons. The molecule has 0 bridgehead atoms. The van der Waals surface area contributed by atoms with E-state index in [-0.39, 0.29) is 6.10 Å². The van der Waals surface area contributed by atoms with Crippen LogP contribution < -0.4 is 5.49 Å². The zero-order chi connectivity index (χ0) is 23.1. The van der Waals surface area contributed by atoms with E-state index in [0.29, 0.717) is 36.0 Å². The Morgan fingerprint density at radius 2 is 1.94 bits per heavy atom. The molecular weight excluding hydrogens is 440 g/mol. The molecule has 0 atom stereocenters. The molecule has 1 aromatic carbocycles. The molecule has 1 aliphatic rings. The van der Waals surface area contributed by atoms with Gasteiger partial charge in [-0.3, -0.25) is 19.9 Å². The Morgan fingerprint density at radius 1 is 1.18 bits per heavy atom. The minimum Gasteiger partial charge on any atom is -0.443 e. The van der Waals surface area contributed by atoms with E-state index in [4.69, 9.17) is 21.4 Å². The SMILES string of the molecule is CN=C(C)n1c(=N)ccc2c1cc(-c1ncco1)n2Cc1cc(Cl)cc(CN2CC(O)C2)c1. The number of hydrogen-bond donors (Lipinski definition) is 2. The van der Waals surface area contributed by atoms with E-state index < -0.39 is 0 Å². The zero-order valence-corrected chi connectivity index (χ0v) is 19.3. The van der Waals surface area contributed by atoms with Crippen LogP contribution in [0.5, 0.6) is 0 Å². The summed E-state index contributed by atoms with van der Waals surface area (Å²) in [5, 5.41) is 18.7. The molecule has 5 rings (SSSR count). The molecule has 8 nitrogen and oxygen atoms in total. The lowest BCUT2D eigenvalue weighted by Crippen LogP contribution is -2.49. The van der Waals surface area contributed by atoms with Crippen LogP contribution in [0.2, 0.25) is 5.02 Å². The average molecular weight is 465 g/mol. The number of nitrogens with one attached hydrogen (secondary N) is 1. The lowest BCUT2D eigenvalue weighted by Gasteiger charge is -2.35. The maximum Gasteiger partial charge on any atom is 0.243 e. The Balaban J connectivity index is 1.61. The van der Waals surface area contributed by atoms with Crippen molar-refractivity contribution in [3.63, 3.8) is 0 Å². The van der Waals surface area contributed by atoms with Crippen LogP contribution in [0.15, 0.2) is 58.3 Å². The summed E-state index contributed by atoms with van der Waals surface area (Å²) in [6.07, 6.45) is 2.94. The van der Waals surface area contributed by atoms with Gasteiger partial charge in [0.1, 0.15) is 23.3 Å². The molecule has 3 aromatic heterocycles. The molecular formula is C24H25ClN6O2. The van der Waals surface area contributed by atoms with Gasteiger partial charge in [0.05, 0.1) is 23.3 Å². The quantitative estimate of drug-likeness (QED) is 0.349. The van der Waals surface area contributed by atoms with E-state index in [1.165, 1.54) is 0 Å². The molecule has 0 amide bonds. The van der Waals surface area contributed by atoms with Crippen LogP contribution in [0, 0.1) is 5.41 Å². The first-order valence-corrected chi connectivity index (χ1v) is 11.1. The van der Waals surface area contributed by atoms with Gasteiger partial charge in [0, 0.05) is 38.2 Å². The van der Waals surface area contributed by atoms with Gasteiger partial charge in [-0.2, -0.15) is 0 Å². The van der Waals surface area contributed by atoms with Crippen molar-refractivity contribution in [1.29, 1.82) is 5.41 Å². The van der Waals surface area contributed by atoms with Crippen LogP contribution in [0.3, 0.4) is 0 Å². The van der Waals surface area contributed by atoms with Crippen molar-refractivity contribution in [3.8, 4) is 11.6 Å². The fraction of sp³-hybridized carbons (Fsp3) is 0.292. The van der Waals surface area contributed by atoms with Crippen LogP contribution in [-0.2, 0) is 13.1 Å². The van der Waals surface area contributed by atoms with E-state index in [9.17, 15) is 5.11 Å². The molecule has 4 heterocycles. The number of nitrogens with zero attached hydrogens (tertiary/aromatic N) is 5. The maximum absolute atomic E-state index is 9.59. The molecule has 170 valence electrons. The van der Waals surface area contributed by atoms with Gasteiger partial charge in [0.25, 0.3) is 0 Å². The number of aromatic nitrogens is 3. The largest absolute Gasteiger partial charge is 0.443 e. The summed E-state index contributed by atoms with van der Waals surface area (Å²) in [4.78, 5) is 10.9. The Kier molecular flexibility index (Phi) is 5.65. The molecule has 4 aromatic rings. The smallest absolute Gasteiger partial charge is 0.243 e. The Hall–Kier alpha value is -3.20. The Bertz CT molecular complexity index is 1400. The summed E-state index contributed by atoms with van der Waals surface area (Å²) in [6.45, 7) is 4.56. The van der Waals surface area contributed by atoms with Crippen molar-refractivity contribution < 1.29 is 9.52 Å². The van der Waals surface area contributed by atoms with Gasteiger partial charge in [-0.15, -0.1) is 0 Å². The number of oxazole rings is 1. The van der Waals surface area contributed by atoms with Crippen LogP contribution >= 0.6 is 11.6 Å². The van der Waals surface area contributed by atoms with E-state index in [2.05, 4.69) is 25.5 Å². The highest BCUT2D eigenvalue weighted by Crippen LogP contribution is 2.29. The van der Waals surface area contributed by atoms with E-state index in [1.807, 2.05) is 35.8 Å². The fourth-order valence-corrected chi connectivity index (χ4v) is 4.70. The standard InChI is InChI=1S/C24H25ClN6O2/c1-15(27-2)31-21-10-22(24-28-5-6-33-24)30(20(21)3-4-23(31)26)12-17-7-16(8-18(25)9-17)11-29-13-19(32)14-29/h3-10,19,26,32H,11-14H2,1-2H3. The summed E-state index contributed by atoms with van der Waals surface area (Å²) in [5.41, 5.74) is 5.11. The molecule has 0 aliphatic carbocycles. The number of aliphatic imine (C=N–C) groups is 1. The fourth-order valence-electron chi connectivity index (χ4n) is 4.42. The minimum atomic E-state index is -0.234. The van der Waals surface area contributed by atoms with Gasteiger partial charge in [-0.25, -0.2) is 4.98 Å². The summed E-state index contributed by atoms with van der Waals surface area (Å²) in [7, 11) is 1.72. The van der Waals surface area contributed by atoms with Crippen molar-refractivity contribution in [1.82, 2.24) is 19.0 Å². The summed E-state index contributed by atoms with van der Waals surface area (Å²) < 4.78 is 9.59. The maximum atomic E-state index is 9.59. The zero-order valence-electron chi connectivity index (χ0n) is 18.5. The summed E-state index contributed by atoms with van der Waals surface area (Å²) in [5.74, 6) is 1.23. The number of aliphatic hydroxyl groups excluding tert-OH is 1. The number of fused-ring (bicyclic) bond motifs is 1. The second kappa shape index (κ2) is 8.62. The number of hydrogen-bond acceptors (Lipinski definition) is 6. The first-order chi connectivity index (χ1) is 15.9. The molecule has 1 saturated heterocycles.